The van der Waals surface area contributed by atoms with Crippen molar-refractivity contribution in [3.05, 3.63) is 63.8 Å². The molecule has 0 fully saturated rings. The van der Waals surface area contributed by atoms with Crippen LogP contribution in [0.2, 0.25) is 0 Å². The van der Waals surface area contributed by atoms with E-state index in [0.29, 0.717) is 5.56 Å². The number of alkyl halides is 3. The van der Waals surface area contributed by atoms with Gasteiger partial charge in [0.1, 0.15) is 5.75 Å². The molecule has 0 bridgehead atoms. The lowest BCUT2D eigenvalue weighted by Gasteiger charge is -2.12. The van der Waals surface area contributed by atoms with Crippen molar-refractivity contribution in [3.8, 4) is 17.9 Å². The van der Waals surface area contributed by atoms with Crippen LogP contribution in [-0.4, -0.2) is 11.3 Å². The molecule has 3 rings (SSSR count). The molecule has 0 saturated heterocycles. The molecule has 134 valence electrons. The summed E-state index contributed by atoms with van der Waals surface area (Å²) in [6.45, 7) is 0. The maximum absolute atomic E-state index is 12.7. The number of halogens is 4. The van der Waals surface area contributed by atoms with E-state index in [1.165, 1.54) is 18.2 Å². The largest absolute Gasteiger partial charge is 0.573 e. The average Bonchev–Trinajstić information content (AvgIpc) is 3.02. The lowest BCUT2D eigenvalue weighted by molar-refractivity contribution is -0.274. The van der Waals surface area contributed by atoms with Crippen molar-refractivity contribution in [3.63, 3.8) is 0 Å². The molecule has 0 aliphatic carbocycles. The third-order valence-electron chi connectivity index (χ3n) is 3.72. The van der Waals surface area contributed by atoms with Gasteiger partial charge in [0.25, 0.3) is 0 Å². The number of ether oxygens (including phenoxy) is 1. The Morgan fingerprint density at radius 3 is 2.59 bits per heavy atom. The van der Waals surface area contributed by atoms with Crippen molar-refractivity contribution < 1.29 is 17.9 Å². The van der Waals surface area contributed by atoms with Crippen LogP contribution in [0.5, 0.6) is 5.75 Å². The Bertz CT molecular complexity index is 1130. The van der Waals surface area contributed by atoms with E-state index in [2.05, 4.69) is 25.7 Å². The number of rotatable bonds is 3. The molecule has 0 unspecified atom stereocenters. The monoisotopic (exact) mass is 431 g/mol. The summed E-state index contributed by atoms with van der Waals surface area (Å²) in [7, 11) is 0. The molecule has 3 aromatic rings. The number of hydrogen-bond acceptors (Lipinski definition) is 3. The molecular weight excluding hydrogens is 423 g/mol. The minimum atomic E-state index is -4.89. The van der Waals surface area contributed by atoms with Crippen LogP contribution >= 0.6 is 15.9 Å². The lowest BCUT2D eigenvalue weighted by Crippen LogP contribution is -2.17. The van der Waals surface area contributed by atoms with Crippen molar-refractivity contribution in [1.29, 1.82) is 10.5 Å². The van der Waals surface area contributed by atoms with Crippen LogP contribution in [-0.2, 0) is 0 Å². The first-order valence-electron chi connectivity index (χ1n) is 7.49. The Kier molecular flexibility index (Phi) is 4.93. The first kappa shape index (κ1) is 18.6. The number of nitrogens with zero attached hydrogens (tertiary/aromatic N) is 2. The van der Waals surface area contributed by atoms with Gasteiger partial charge in [-0.05, 0) is 42.5 Å². The van der Waals surface area contributed by atoms with Crippen LogP contribution in [0.3, 0.4) is 0 Å². The highest BCUT2D eigenvalue weighted by molar-refractivity contribution is 9.10. The zero-order valence-electron chi connectivity index (χ0n) is 13.4. The fourth-order valence-corrected chi connectivity index (χ4v) is 2.95. The van der Waals surface area contributed by atoms with Gasteiger partial charge >= 0.3 is 6.36 Å². The Labute approximate surface area is 160 Å². The summed E-state index contributed by atoms with van der Waals surface area (Å²) in [4.78, 5) is 3.01. The van der Waals surface area contributed by atoms with E-state index in [1.807, 2.05) is 24.3 Å². The fourth-order valence-electron chi connectivity index (χ4n) is 2.59. The van der Waals surface area contributed by atoms with Crippen LogP contribution in [0.25, 0.3) is 22.6 Å². The highest BCUT2D eigenvalue weighted by Crippen LogP contribution is 2.33. The van der Waals surface area contributed by atoms with Crippen molar-refractivity contribution in [1.82, 2.24) is 4.98 Å². The molecule has 0 aliphatic heterocycles. The number of fused-ring (bicyclic) bond motifs is 1. The average molecular weight is 432 g/mol. The quantitative estimate of drug-likeness (QED) is 0.535. The molecule has 1 N–H and O–H groups in total. The standard InChI is InChI=1S/C19H9BrF3N3O/c20-14-2-3-17-15(7-14)16(10-26-17)13(9-25)6-12-5-11(8-24)1-4-18(12)27-19(21,22)23/h1-7,10,26H/b13-6+. The zero-order chi connectivity index (χ0) is 19.6. The maximum Gasteiger partial charge on any atom is 0.573 e. The van der Waals surface area contributed by atoms with Crippen molar-refractivity contribution in [2.45, 2.75) is 6.36 Å². The van der Waals surface area contributed by atoms with Crippen LogP contribution in [0, 0.1) is 22.7 Å². The normalized spacial score (nSPS) is 11.9. The van der Waals surface area contributed by atoms with Gasteiger partial charge in [0.2, 0.25) is 0 Å². The van der Waals surface area contributed by atoms with Crippen LogP contribution in [0.1, 0.15) is 16.7 Å². The van der Waals surface area contributed by atoms with E-state index >= 15 is 0 Å². The van der Waals surface area contributed by atoms with E-state index in [1.54, 1.807) is 12.3 Å². The number of aromatic nitrogens is 1. The second-order valence-corrected chi connectivity index (χ2v) is 6.39. The van der Waals surface area contributed by atoms with Crippen molar-refractivity contribution in [2.75, 3.05) is 0 Å². The summed E-state index contributed by atoms with van der Waals surface area (Å²) in [5, 5.41) is 19.3. The number of nitriles is 2. The van der Waals surface area contributed by atoms with Gasteiger partial charge in [-0.2, -0.15) is 10.5 Å². The number of aromatic amines is 1. The molecule has 1 aromatic heterocycles. The van der Waals surface area contributed by atoms with Gasteiger partial charge in [-0.3, -0.25) is 0 Å². The first-order chi connectivity index (χ1) is 12.8. The summed E-state index contributed by atoms with van der Waals surface area (Å²) in [6.07, 6.45) is -2.02. The van der Waals surface area contributed by atoms with Gasteiger partial charge in [0, 0.05) is 32.7 Å². The Morgan fingerprint density at radius 2 is 1.93 bits per heavy atom. The second-order valence-electron chi connectivity index (χ2n) is 5.47. The lowest BCUT2D eigenvalue weighted by atomic mass is 10.0. The van der Waals surface area contributed by atoms with E-state index < -0.39 is 12.1 Å². The highest BCUT2D eigenvalue weighted by Gasteiger charge is 2.32. The molecule has 0 amide bonds. The predicted molar refractivity (Wildman–Crippen MR) is 97.3 cm³/mol. The number of H-pyrrole nitrogens is 1. The first-order valence-corrected chi connectivity index (χ1v) is 8.29. The Hall–Kier alpha value is -3.23. The van der Waals surface area contributed by atoms with Gasteiger partial charge in [-0.25, -0.2) is 0 Å². The van der Waals surface area contributed by atoms with Crippen molar-refractivity contribution in [2.24, 2.45) is 0 Å². The van der Waals surface area contributed by atoms with E-state index in [4.69, 9.17) is 5.26 Å². The zero-order valence-corrected chi connectivity index (χ0v) is 15.0. The number of nitrogens with one attached hydrogen (secondary N) is 1. The SMILES string of the molecule is N#C/C(=C\c1cc(C#N)ccc1OC(F)(F)F)c1c[nH]c2ccc(Br)cc12. The van der Waals surface area contributed by atoms with E-state index in [9.17, 15) is 18.4 Å². The molecule has 4 nitrogen and oxygen atoms in total. The molecular formula is C19H9BrF3N3O. The number of benzene rings is 2. The molecule has 8 heteroatoms. The summed E-state index contributed by atoms with van der Waals surface area (Å²) >= 11 is 3.36. The van der Waals surface area contributed by atoms with Gasteiger partial charge in [0.05, 0.1) is 23.3 Å². The Balaban J connectivity index is 2.17. The van der Waals surface area contributed by atoms with Gasteiger partial charge in [0.15, 0.2) is 0 Å². The summed E-state index contributed by atoms with van der Waals surface area (Å²) < 4.78 is 42.8. The Morgan fingerprint density at radius 1 is 1.15 bits per heavy atom. The number of hydrogen-bond donors (Lipinski definition) is 1. The van der Waals surface area contributed by atoms with Gasteiger partial charge < -0.3 is 9.72 Å². The molecule has 0 aliphatic rings. The molecule has 0 saturated carbocycles. The molecule has 0 spiro atoms. The topological polar surface area (TPSA) is 72.6 Å². The highest BCUT2D eigenvalue weighted by atomic mass is 79.9. The third-order valence-corrected chi connectivity index (χ3v) is 4.21. The fraction of sp³-hybridized carbons (Fsp3) is 0.0526. The maximum atomic E-state index is 12.7. The second kappa shape index (κ2) is 7.18. The summed E-state index contributed by atoms with van der Waals surface area (Å²) in [5.41, 5.74) is 1.55. The minimum Gasteiger partial charge on any atom is -0.405 e. The molecule has 2 aromatic carbocycles. The van der Waals surface area contributed by atoms with Crippen LogP contribution < -0.4 is 4.74 Å². The smallest absolute Gasteiger partial charge is 0.405 e. The summed E-state index contributed by atoms with van der Waals surface area (Å²) in [6, 6.07) is 12.8. The van der Waals surface area contributed by atoms with E-state index in [0.717, 1.165) is 21.4 Å². The third kappa shape index (κ3) is 4.13. The minimum absolute atomic E-state index is 0.0210. The molecule has 27 heavy (non-hydrogen) atoms. The summed E-state index contributed by atoms with van der Waals surface area (Å²) in [5.74, 6) is -0.490. The molecule has 0 radical (unpaired) electrons. The van der Waals surface area contributed by atoms with Crippen molar-refractivity contribution >= 4 is 38.5 Å². The predicted octanol–water partition coefficient (Wildman–Crippen LogP) is 5.76. The number of allylic oxidation sites excluding steroid dienone is 1. The van der Waals surface area contributed by atoms with Gasteiger partial charge in [-0.15, -0.1) is 13.2 Å². The van der Waals surface area contributed by atoms with E-state index in [-0.39, 0.29) is 16.7 Å². The van der Waals surface area contributed by atoms with Crippen LogP contribution in [0.15, 0.2) is 47.1 Å². The van der Waals surface area contributed by atoms with Crippen LogP contribution in [0.4, 0.5) is 13.2 Å². The molecule has 0 atom stereocenters. The molecule has 1 heterocycles. The van der Waals surface area contributed by atoms with Gasteiger partial charge in [-0.1, -0.05) is 15.9 Å².